The standard InChI is InChI=1S/C15H22N2O2/c1-11(2)12-6-5-7-13(10-12)16-14-8-3-4-9-15(14)17(18)19/h3-4,8-9,11-13,16H,5-7,10H2,1-2H3. The highest BCUT2D eigenvalue weighted by Gasteiger charge is 2.25. The number of benzene rings is 1. The van der Waals surface area contributed by atoms with Gasteiger partial charge in [-0.2, -0.15) is 0 Å². The number of rotatable bonds is 4. The van der Waals surface area contributed by atoms with E-state index in [4.69, 9.17) is 0 Å². The molecule has 4 heteroatoms. The molecule has 4 nitrogen and oxygen atoms in total. The first kappa shape index (κ1) is 13.8. The van der Waals surface area contributed by atoms with E-state index in [2.05, 4.69) is 19.2 Å². The molecule has 0 bridgehead atoms. The number of nitrogens with zero attached hydrogens (tertiary/aromatic N) is 1. The normalized spacial score (nSPS) is 23.3. The number of hydrogen-bond donors (Lipinski definition) is 1. The van der Waals surface area contributed by atoms with Gasteiger partial charge in [-0.1, -0.05) is 38.8 Å². The van der Waals surface area contributed by atoms with Crippen LogP contribution in [0.4, 0.5) is 11.4 Å². The van der Waals surface area contributed by atoms with Crippen LogP contribution in [0.2, 0.25) is 0 Å². The lowest BCUT2D eigenvalue weighted by Gasteiger charge is -2.32. The minimum Gasteiger partial charge on any atom is -0.377 e. The Kier molecular flexibility index (Phi) is 4.40. The molecule has 1 aromatic carbocycles. The average molecular weight is 262 g/mol. The lowest BCUT2D eigenvalue weighted by atomic mass is 9.79. The molecule has 2 rings (SSSR count). The first-order valence-corrected chi connectivity index (χ1v) is 7.08. The number of hydrogen-bond acceptors (Lipinski definition) is 3. The van der Waals surface area contributed by atoms with Crippen LogP contribution in [0.5, 0.6) is 0 Å². The minimum absolute atomic E-state index is 0.175. The van der Waals surface area contributed by atoms with Crippen LogP contribution in [-0.4, -0.2) is 11.0 Å². The van der Waals surface area contributed by atoms with Gasteiger partial charge < -0.3 is 5.32 Å². The van der Waals surface area contributed by atoms with Gasteiger partial charge in [-0.3, -0.25) is 10.1 Å². The van der Waals surface area contributed by atoms with Crippen molar-refractivity contribution in [1.29, 1.82) is 0 Å². The van der Waals surface area contributed by atoms with Crippen LogP contribution < -0.4 is 5.32 Å². The zero-order valence-corrected chi connectivity index (χ0v) is 11.6. The molecule has 1 aliphatic carbocycles. The van der Waals surface area contributed by atoms with Gasteiger partial charge in [-0.25, -0.2) is 0 Å². The predicted octanol–water partition coefficient (Wildman–Crippen LogP) is 4.22. The van der Waals surface area contributed by atoms with Crippen molar-refractivity contribution in [3.63, 3.8) is 0 Å². The van der Waals surface area contributed by atoms with E-state index < -0.39 is 0 Å². The largest absolute Gasteiger partial charge is 0.377 e. The lowest BCUT2D eigenvalue weighted by molar-refractivity contribution is -0.384. The van der Waals surface area contributed by atoms with Crippen molar-refractivity contribution in [2.24, 2.45) is 11.8 Å². The van der Waals surface area contributed by atoms with Crippen molar-refractivity contribution in [3.05, 3.63) is 34.4 Å². The summed E-state index contributed by atoms with van der Waals surface area (Å²) >= 11 is 0. The summed E-state index contributed by atoms with van der Waals surface area (Å²) in [7, 11) is 0. The zero-order chi connectivity index (χ0) is 13.8. The van der Waals surface area contributed by atoms with Crippen LogP contribution in [0, 0.1) is 22.0 Å². The fourth-order valence-corrected chi connectivity index (χ4v) is 2.94. The summed E-state index contributed by atoms with van der Waals surface area (Å²) in [6.45, 7) is 4.52. The van der Waals surface area contributed by atoms with Crippen LogP contribution in [0.1, 0.15) is 39.5 Å². The summed E-state index contributed by atoms with van der Waals surface area (Å²) in [6, 6.07) is 7.28. The molecule has 1 aliphatic rings. The Morgan fingerprint density at radius 3 is 2.74 bits per heavy atom. The molecule has 1 aromatic rings. The fraction of sp³-hybridized carbons (Fsp3) is 0.600. The van der Waals surface area contributed by atoms with Crippen molar-refractivity contribution in [1.82, 2.24) is 0 Å². The summed E-state index contributed by atoms with van der Waals surface area (Å²) < 4.78 is 0. The predicted molar refractivity (Wildman–Crippen MR) is 77.3 cm³/mol. The van der Waals surface area contributed by atoms with Gasteiger partial charge in [0.05, 0.1) is 4.92 Å². The van der Waals surface area contributed by atoms with Crippen LogP contribution in [-0.2, 0) is 0 Å². The highest BCUT2D eigenvalue weighted by atomic mass is 16.6. The quantitative estimate of drug-likeness (QED) is 0.653. The van der Waals surface area contributed by atoms with Gasteiger partial charge in [0.2, 0.25) is 0 Å². The molecular formula is C15H22N2O2. The Hall–Kier alpha value is -1.58. The van der Waals surface area contributed by atoms with Crippen LogP contribution in [0.3, 0.4) is 0 Å². The Balaban J connectivity index is 2.07. The van der Waals surface area contributed by atoms with Gasteiger partial charge in [0.15, 0.2) is 0 Å². The minimum atomic E-state index is -0.314. The smallest absolute Gasteiger partial charge is 0.292 e. The van der Waals surface area contributed by atoms with E-state index in [-0.39, 0.29) is 10.6 Å². The third-order valence-corrected chi connectivity index (χ3v) is 4.12. The molecule has 1 saturated carbocycles. The fourth-order valence-electron chi connectivity index (χ4n) is 2.94. The molecule has 0 spiro atoms. The van der Waals surface area contributed by atoms with Crippen molar-refractivity contribution in [2.75, 3.05) is 5.32 Å². The van der Waals surface area contributed by atoms with Gasteiger partial charge in [0.1, 0.15) is 5.69 Å². The van der Waals surface area contributed by atoms with E-state index in [1.54, 1.807) is 18.2 Å². The molecule has 0 amide bonds. The molecule has 1 N–H and O–H groups in total. The second-order valence-corrected chi connectivity index (χ2v) is 5.79. The molecule has 0 heterocycles. The maximum atomic E-state index is 11.0. The highest BCUT2D eigenvalue weighted by molar-refractivity contribution is 5.61. The second-order valence-electron chi connectivity index (χ2n) is 5.79. The van der Waals surface area contributed by atoms with Crippen molar-refractivity contribution in [3.8, 4) is 0 Å². The highest BCUT2D eigenvalue weighted by Crippen LogP contribution is 2.33. The van der Waals surface area contributed by atoms with Gasteiger partial charge in [-0.05, 0) is 30.7 Å². The SMILES string of the molecule is CC(C)C1CCCC(Nc2ccccc2[N+](=O)[O-])C1. The van der Waals surface area contributed by atoms with E-state index in [1.807, 2.05) is 6.07 Å². The van der Waals surface area contributed by atoms with E-state index in [0.29, 0.717) is 17.6 Å². The van der Waals surface area contributed by atoms with Gasteiger partial charge >= 0.3 is 0 Å². The Morgan fingerprint density at radius 1 is 1.32 bits per heavy atom. The van der Waals surface area contributed by atoms with Gasteiger partial charge in [-0.15, -0.1) is 0 Å². The van der Waals surface area contributed by atoms with Crippen molar-refractivity contribution in [2.45, 2.75) is 45.6 Å². The topological polar surface area (TPSA) is 55.2 Å². The third kappa shape index (κ3) is 3.46. The first-order valence-electron chi connectivity index (χ1n) is 7.08. The maximum Gasteiger partial charge on any atom is 0.292 e. The number of nitrogens with one attached hydrogen (secondary N) is 1. The summed E-state index contributed by atoms with van der Waals surface area (Å²) in [5.74, 6) is 1.42. The third-order valence-electron chi connectivity index (χ3n) is 4.12. The molecule has 0 aliphatic heterocycles. The molecule has 0 saturated heterocycles. The molecule has 19 heavy (non-hydrogen) atoms. The monoisotopic (exact) mass is 262 g/mol. The van der Waals surface area contributed by atoms with Crippen LogP contribution in [0.15, 0.2) is 24.3 Å². The Bertz CT molecular complexity index is 446. The summed E-state index contributed by atoms with van der Waals surface area (Å²) in [5, 5.41) is 14.4. The first-order chi connectivity index (χ1) is 9.08. The van der Waals surface area contributed by atoms with Gasteiger partial charge in [0, 0.05) is 12.1 Å². The molecule has 0 aromatic heterocycles. The molecular weight excluding hydrogens is 240 g/mol. The Morgan fingerprint density at radius 2 is 2.05 bits per heavy atom. The number of para-hydroxylation sites is 2. The van der Waals surface area contributed by atoms with Crippen LogP contribution >= 0.6 is 0 Å². The summed E-state index contributed by atoms with van der Waals surface area (Å²) in [5.41, 5.74) is 0.830. The number of nitro benzene ring substituents is 1. The molecule has 2 unspecified atom stereocenters. The average Bonchev–Trinajstić information content (AvgIpc) is 2.39. The maximum absolute atomic E-state index is 11.0. The molecule has 104 valence electrons. The van der Waals surface area contributed by atoms with E-state index in [0.717, 1.165) is 18.8 Å². The number of anilines is 1. The Labute approximate surface area is 114 Å². The lowest BCUT2D eigenvalue weighted by Crippen LogP contribution is -2.29. The zero-order valence-electron chi connectivity index (χ0n) is 11.6. The van der Waals surface area contributed by atoms with Crippen molar-refractivity contribution >= 4 is 11.4 Å². The van der Waals surface area contributed by atoms with Crippen LogP contribution in [0.25, 0.3) is 0 Å². The molecule has 0 radical (unpaired) electrons. The second kappa shape index (κ2) is 6.04. The van der Waals surface area contributed by atoms with Gasteiger partial charge in [0.25, 0.3) is 5.69 Å². The van der Waals surface area contributed by atoms with Crippen molar-refractivity contribution < 1.29 is 4.92 Å². The number of nitro groups is 1. The molecule has 1 fully saturated rings. The summed E-state index contributed by atoms with van der Waals surface area (Å²) in [4.78, 5) is 10.7. The molecule has 2 atom stereocenters. The van der Waals surface area contributed by atoms with E-state index in [9.17, 15) is 10.1 Å². The van der Waals surface area contributed by atoms with E-state index in [1.165, 1.54) is 12.8 Å². The summed E-state index contributed by atoms with van der Waals surface area (Å²) in [6.07, 6.45) is 4.72. The van der Waals surface area contributed by atoms with E-state index >= 15 is 0 Å².